The number of amides is 1. The summed E-state index contributed by atoms with van der Waals surface area (Å²) in [6.45, 7) is 4.60. The maximum absolute atomic E-state index is 12.6. The van der Waals surface area contributed by atoms with Crippen molar-refractivity contribution in [3.8, 4) is 0 Å². The minimum Gasteiger partial charge on any atom is -0.462 e. The van der Waals surface area contributed by atoms with Gasteiger partial charge in [0.05, 0.1) is 12.7 Å². The number of rotatable bonds is 13. The van der Waals surface area contributed by atoms with Gasteiger partial charge in [-0.2, -0.15) is 0 Å². The number of anilines is 1. The standard InChI is InChI=1S/C27H37NO4S/c1-3-5-6-10-24(29)20-11-13-22(14-12-20)28-21(15-18-26(28)30)8-7-9-23-16-17-25(33-23)27(31)32-19-4-2/h11-14,16-17,21,24,29H,3-10,15,18-19H2,1-2H3/t21-,24+/m0/s1. The van der Waals surface area contributed by atoms with Gasteiger partial charge in [0.1, 0.15) is 4.88 Å². The number of hydrogen-bond donors (Lipinski definition) is 1. The third kappa shape index (κ3) is 7.15. The summed E-state index contributed by atoms with van der Waals surface area (Å²) >= 11 is 1.50. The van der Waals surface area contributed by atoms with Gasteiger partial charge in [-0.3, -0.25) is 4.79 Å². The summed E-state index contributed by atoms with van der Waals surface area (Å²) in [7, 11) is 0. The molecule has 5 nitrogen and oxygen atoms in total. The first-order valence-electron chi connectivity index (χ1n) is 12.4. The maximum atomic E-state index is 12.6. The predicted octanol–water partition coefficient (Wildman–Crippen LogP) is 6.45. The average molecular weight is 472 g/mol. The predicted molar refractivity (Wildman–Crippen MR) is 134 cm³/mol. The minimum atomic E-state index is -0.439. The van der Waals surface area contributed by atoms with Crippen molar-refractivity contribution in [3.63, 3.8) is 0 Å². The van der Waals surface area contributed by atoms with Crippen LogP contribution in [-0.2, 0) is 16.0 Å². The fourth-order valence-electron chi connectivity index (χ4n) is 4.38. The van der Waals surface area contributed by atoms with Crippen molar-refractivity contribution in [3.05, 3.63) is 51.7 Å². The lowest BCUT2D eigenvalue weighted by Gasteiger charge is -2.25. The lowest BCUT2D eigenvalue weighted by atomic mass is 10.0. The number of esters is 1. The Labute approximate surface area is 201 Å². The summed E-state index contributed by atoms with van der Waals surface area (Å²) in [4.78, 5) is 28.4. The number of aliphatic hydroxyl groups is 1. The molecule has 0 bridgehead atoms. The zero-order valence-electron chi connectivity index (χ0n) is 19.9. The number of unbranched alkanes of at least 4 members (excludes halogenated alkanes) is 2. The van der Waals surface area contributed by atoms with Crippen LogP contribution < -0.4 is 4.90 Å². The summed E-state index contributed by atoms with van der Waals surface area (Å²) in [6, 6.07) is 11.9. The summed E-state index contributed by atoms with van der Waals surface area (Å²) in [5, 5.41) is 10.4. The van der Waals surface area contributed by atoms with Crippen LogP contribution in [0.4, 0.5) is 5.69 Å². The number of carbonyl (C=O) groups excluding carboxylic acids is 2. The Hall–Kier alpha value is -2.18. The highest BCUT2D eigenvalue weighted by molar-refractivity contribution is 7.13. The highest BCUT2D eigenvalue weighted by atomic mass is 32.1. The molecule has 0 unspecified atom stereocenters. The van der Waals surface area contributed by atoms with Crippen molar-refractivity contribution >= 4 is 28.9 Å². The smallest absolute Gasteiger partial charge is 0.348 e. The number of ether oxygens (including phenoxy) is 1. The van der Waals surface area contributed by atoms with Gasteiger partial charge in [-0.05, 0) is 68.4 Å². The minimum absolute atomic E-state index is 0.174. The van der Waals surface area contributed by atoms with E-state index < -0.39 is 6.10 Å². The number of aliphatic hydroxyl groups excluding tert-OH is 1. The number of aryl methyl sites for hydroxylation is 1. The Balaban J connectivity index is 1.53. The van der Waals surface area contributed by atoms with Gasteiger partial charge in [0.2, 0.25) is 5.91 Å². The Morgan fingerprint density at radius 1 is 1.12 bits per heavy atom. The molecule has 0 spiro atoms. The summed E-state index contributed by atoms with van der Waals surface area (Å²) in [5.74, 6) is -0.0621. The molecule has 0 saturated carbocycles. The molecule has 0 aliphatic carbocycles. The largest absolute Gasteiger partial charge is 0.462 e. The summed E-state index contributed by atoms with van der Waals surface area (Å²) in [5.41, 5.74) is 1.84. The van der Waals surface area contributed by atoms with E-state index in [2.05, 4.69) is 6.92 Å². The Kier molecular flexibility index (Phi) is 9.95. The van der Waals surface area contributed by atoms with Crippen molar-refractivity contribution in [2.45, 2.75) is 90.2 Å². The molecule has 1 saturated heterocycles. The third-order valence-corrected chi connectivity index (χ3v) is 7.35. The van der Waals surface area contributed by atoms with Gasteiger partial charge in [0.15, 0.2) is 0 Å². The van der Waals surface area contributed by atoms with Gasteiger partial charge in [-0.25, -0.2) is 4.79 Å². The van der Waals surface area contributed by atoms with Crippen LogP contribution in [0.2, 0.25) is 0 Å². The molecule has 1 N–H and O–H groups in total. The van der Waals surface area contributed by atoms with Crippen LogP contribution in [0.15, 0.2) is 36.4 Å². The topological polar surface area (TPSA) is 66.8 Å². The average Bonchev–Trinajstić information content (AvgIpc) is 3.44. The molecule has 6 heteroatoms. The molecule has 33 heavy (non-hydrogen) atoms. The Morgan fingerprint density at radius 3 is 2.64 bits per heavy atom. The van der Waals surface area contributed by atoms with E-state index in [4.69, 9.17) is 4.74 Å². The molecular formula is C27H37NO4S. The quantitative estimate of drug-likeness (QED) is 0.269. The van der Waals surface area contributed by atoms with Crippen molar-refractivity contribution in [1.82, 2.24) is 0 Å². The van der Waals surface area contributed by atoms with Crippen LogP contribution in [0.1, 0.15) is 97.9 Å². The highest BCUT2D eigenvalue weighted by Crippen LogP contribution is 2.31. The number of thiophene rings is 1. The van der Waals surface area contributed by atoms with Crippen molar-refractivity contribution in [1.29, 1.82) is 0 Å². The fraction of sp³-hybridized carbons (Fsp3) is 0.556. The Morgan fingerprint density at radius 2 is 1.91 bits per heavy atom. The van der Waals surface area contributed by atoms with Gasteiger partial charge in [0, 0.05) is 23.0 Å². The van der Waals surface area contributed by atoms with Gasteiger partial charge in [-0.1, -0.05) is 45.2 Å². The molecule has 3 rings (SSSR count). The third-order valence-electron chi connectivity index (χ3n) is 6.22. The molecule has 1 aliphatic heterocycles. The molecular weight excluding hydrogens is 434 g/mol. The van der Waals surface area contributed by atoms with E-state index in [1.165, 1.54) is 16.2 Å². The monoisotopic (exact) mass is 471 g/mol. The van der Waals surface area contributed by atoms with E-state index in [9.17, 15) is 14.7 Å². The second-order valence-corrected chi connectivity index (χ2v) is 10.0. The number of carbonyl (C=O) groups is 2. The molecule has 2 heterocycles. The molecule has 0 radical (unpaired) electrons. The summed E-state index contributed by atoms with van der Waals surface area (Å²) < 4.78 is 5.21. The van der Waals surface area contributed by atoms with E-state index in [1.807, 2.05) is 48.2 Å². The lowest BCUT2D eigenvalue weighted by Crippen LogP contribution is -2.32. The maximum Gasteiger partial charge on any atom is 0.348 e. The normalized spacial score (nSPS) is 16.9. The van der Waals surface area contributed by atoms with Crippen LogP contribution in [0.3, 0.4) is 0 Å². The van der Waals surface area contributed by atoms with Crippen LogP contribution in [0, 0.1) is 0 Å². The zero-order valence-corrected chi connectivity index (χ0v) is 20.7. The van der Waals surface area contributed by atoms with Crippen LogP contribution in [0.25, 0.3) is 0 Å². The molecule has 1 fully saturated rings. The second-order valence-electron chi connectivity index (χ2n) is 8.85. The molecule has 1 aromatic carbocycles. The number of benzene rings is 1. The summed E-state index contributed by atoms with van der Waals surface area (Å²) in [6.07, 6.45) is 8.71. The van der Waals surface area contributed by atoms with E-state index in [-0.39, 0.29) is 17.9 Å². The zero-order chi connectivity index (χ0) is 23.6. The fourth-order valence-corrected chi connectivity index (χ4v) is 5.33. The molecule has 2 atom stereocenters. The van der Waals surface area contributed by atoms with E-state index in [0.29, 0.717) is 17.9 Å². The van der Waals surface area contributed by atoms with Crippen molar-refractivity contribution in [2.75, 3.05) is 11.5 Å². The van der Waals surface area contributed by atoms with Crippen LogP contribution in [0.5, 0.6) is 0 Å². The van der Waals surface area contributed by atoms with Gasteiger partial charge in [0.25, 0.3) is 0 Å². The van der Waals surface area contributed by atoms with Crippen molar-refractivity contribution in [2.24, 2.45) is 0 Å². The molecule has 1 aliphatic rings. The highest BCUT2D eigenvalue weighted by Gasteiger charge is 2.31. The first kappa shape index (κ1) is 25.4. The van der Waals surface area contributed by atoms with Gasteiger partial charge >= 0.3 is 5.97 Å². The SMILES string of the molecule is CCCCC[C@@H](O)c1ccc(N2C(=O)CC[C@@H]2CCCc2ccc(C(=O)OCCC)s2)cc1. The molecule has 1 aromatic heterocycles. The first-order chi connectivity index (χ1) is 16.0. The second kappa shape index (κ2) is 12.9. The van der Waals surface area contributed by atoms with Crippen LogP contribution in [-0.4, -0.2) is 29.6 Å². The van der Waals surface area contributed by atoms with E-state index in [0.717, 1.165) is 69.0 Å². The van der Waals surface area contributed by atoms with Gasteiger partial charge < -0.3 is 14.7 Å². The number of hydrogen-bond acceptors (Lipinski definition) is 5. The van der Waals surface area contributed by atoms with Crippen LogP contribution >= 0.6 is 11.3 Å². The lowest BCUT2D eigenvalue weighted by molar-refractivity contribution is -0.117. The van der Waals surface area contributed by atoms with Crippen molar-refractivity contribution < 1.29 is 19.4 Å². The van der Waals surface area contributed by atoms with Gasteiger partial charge in [-0.15, -0.1) is 11.3 Å². The molecule has 1 amide bonds. The molecule has 2 aromatic rings. The van der Waals surface area contributed by atoms with E-state index in [1.54, 1.807) is 0 Å². The Bertz CT molecular complexity index is 892. The first-order valence-corrected chi connectivity index (χ1v) is 13.2. The van der Waals surface area contributed by atoms with E-state index >= 15 is 0 Å². The molecule has 180 valence electrons. The number of nitrogens with zero attached hydrogens (tertiary/aromatic N) is 1.